The average molecular weight is 469 g/mol. The van der Waals surface area contributed by atoms with Crippen LogP contribution in [0.5, 0.6) is 5.75 Å². The second-order valence-electron chi connectivity index (χ2n) is 6.45. The van der Waals surface area contributed by atoms with Gasteiger partial charge in [-0.1, -0.05) is 12.1 Å². The number of halogens is 1. The van der Waals surface area contributed by atoms with Gasteiger partial charge in [-0.25, -0.2) is 0 Å². The molecule has 0 aliphatic carbocycles. The molecule has 7 heteroatoms. The van der Waals surface area contributed by atoms with Crippen LogP contribution in [0.3, 0.4) is 0 Å². The number of hydrogen-bond acceptors (Lipinski definition) is 3. The standard InChI is InChI=1S/C19H27N5O.HI/c1-20-19(21-10-8-15-4-6-18(25-3)7-5-15)24-11-9-16(14-24)17-12-22-23(2)13-17;/h4-7,12-13,16H,8-11,14H2,1-3H3,(H,20,21);1H. The molecule has 0 bridgehead atoms. The molecule has 1 aliphatic heterocycles. The fraction of sp³-hybridized carbons (Fsp3) is 0.474. The molecule has 2 aromatic rings. The smallest absolute Gasteiger partial charge is 0.193 e. The normalized spacial score (nSPS) is 17.1. The van der Waals surface area contributed by atoms with Crippen LogP contribution < -0.4 is 10.1 Å². The highest BCUT2D eigenvalue weighted by Gasteiger charge is 2.26. The van der Waals surface area contributed by atoms with Gasteiger partial charge in [0, 0.05) is 45.8 Å². The number of methoxy groups -OCH3 is 1. The van der Waals surface area contributed by atoms with Crippen LogP contribution in [-0.2, 0) is 13.5 Å². The van der Waals surface area contributed by atoms with Gasteiger partial charge in [-0.3, -0.25) is 9.67 Å². The molecule has 0 amide bonds. The summed E-state index contributed by atoms with van der Waals surface area (Å²) in [4.78, 5) is 6.79. The second-order valence-corrected chi connectivity index (χ2v) is 6.45. The van der Waals surface area contributed by atoms with E-state index in [0.717, 1.165) is 44.2 Å². The first-order chi connectivity index (χ1) is 12.2. The Morgan fingerprint density at radius 1 is 1.35 bits per heavy atom. The molecule has 1 unspecified atom stereocenters. The first kappa shape index (κ1) is 20.5. The summed E-state index contributed by atoms with van der Waals surface area (Å²) in [6.45, 7) is 2.89. The largest absolute Gasteiger partial charge is 0.497 e. The molecule has 1 saturated heterocycles. The van der Waals surface area contributed by atoms with Gasteiger partial charge in [0.25, 0.3) is 0 Å². The van der Waals surface area contributed by atoms with Crippen LogP contribution in [0, 0.1) is 0 Å². The van der Waals surface area contributed by atoms with Crippen molar-refractivity contribution >= 4 is 29.9 Å². The topological polar surface area (TPSA) is 54.7 Å². The van der Waals surface area contributed by atoms with Crippen LogP contribution in [-0.4, -0.2) is 54.4 Å². The number of nitrogens with zero attached hydrogens (tertiary/aromatic N) is 4. The molecular weight excluding hydrogens is 441 g/mol. The quantitative estimate of drug-likeness (QED) is 0.416. The third kappa shape index (κ3) is 5.12. The number of likely N-dealkylation sites (tertiary alicyclic amines) is 1. The van der Waals surface area contributed by atoms with Crippen LogP contribution in [0.15, 0.2) is 41.7 Å². The van der Waals surface area contributed by atoms with Crippen molar-refractivity contribution in [2.45, 2.75) is 18.8 Å². The van der Waals surface area contributed by atoms with Gasteiger partial charge in [0.05, 0.1) is 13.3 Å². The summed E-state index contributed by atoms with van der Waals surface area (Å²) in [7, 11) is 5.51. The minimum atomic E-state index is 0. The third-order valence-electron chi connectivity index (χ3n) is 4.75. The summed E-state index contributed by atoms with van der Waals surface area (Å²) in [5.41, 5.74) is 2.61. The van der Waals surface area contributed by atoms with E-state index >= 15 is 0 Å². The Hall–Kier alpha value is -1.77. The lowest BCUT2D eigenvalue weighted by Crippen LogP contribution is -2.40. The Labute approximate surface area is 172 Å². The molecule has 26 heavy (non-hydrogen) atoms. The Kier molecular flexibility index (Phi) is 7.74. The molecule has 0 saturated carbocycles. The number of benzene rings is 1. The molecule has 1 aromatic carbocycles. The van der Waals surface area contributed by atoms with Gasteiger partial charge >= 0.3 is 0 Å². The van der Waals surface area contributed by atoms with Gasteiger partial charge in [0.15, 0.2) is 5.96 Å². The van der Waals surface area contributed by atoms with E-state index < -0.39 is 0 Å². The maximum absolute atomic E-state index is 5.20. The molecular formula is C19H28IN5O. The highest BCUT2D eigenvalue weighted by atomic mass is 127. The number of ether oxygens (including phenoxy) is 1. The van der Waals surface area contributed by atoms with E-state index in [1.807, 2.05) is 37.1 Å². The lowest BCUT2D eigenvalue weighted by Gasteiger charge is -2.21. The Morgan fingerprint density at radius 2 is 2.12 bits per heavy atom. The molecule has 1 aliphatic rings. The lowest BCUT2D eigenvalue weighted by molar-refractivity contribution is 0.414. The Morgan fingerprint density at radius 3 is 2.73 bits per heavy atom. The first-order valence-electron chi connectivity index (χ1n) is 8.76. The maximum atomic E-state index is 5.20. The molecule has 2 heterocycles. The van der Waals surface area contributed by atoms with E-state index in [4.69, 9.17) is 4.74 Å². The zero-order valence-electron chi connectivity index (χ0n) is 15.7. The summed E-state index contributed by atoms with van der Waals surface area (Å²) in [6, 6.07) is 8.22. The van der Waals surface area contributed by atoms with Gasteiger partial charge in [0.1, 0.15) is 5.75 Å². The third-order valence-corrected chi connectivity index (χ3v) is 4.75. The van der Waals surface area contributed by atoms with E-state index in [1.54, 1.807) is 7.11 Å². The number of aliphatic imine (C=N–C) groups is 1. The second kappa shape index (κ2) is 9.80. The van der Waals surface area contributed by atoms with Crippen molar-refractivity contribution in [3.05, 3.63) is 47.8 Å². The van der Waals surface area contributed by atoms with Gasteiger partial charge in [-0.15, -0.1) is 24.0 Å². The molecule has 1 fully saturated rings. The molecule has 1 atom stereocenters. The molecule has 0 spiro atoms. The van der Waals surface area contributed by atoms with E-state index in [9.17, 15) is 0 Å². The first-order valence-corrected chi connectivity index (χ1v) is 8.76. The van der Waals surface area contributed by atoms with Gasteiger partial charge in [-0.2, -0.15) is 5.10 Å². The molecule has 0 radical (unpaired) electrons. The number of aromatic nitrogens is 2. The SMILES string of the molecule is CN=C(NCCc1ccc(OC)cc1)N1CCC(c2cnn(C)c2)C1.I. The van der Waals surface area contributed by atoms with E-state index in [0.29, 0.717) is 5.92 Å². The van der Waals surface area contributed by atoms with Crippen molar-refractivity contribution < 1.29 is 4.74 Å². The number of aryl methyl sites for hydroxylation is 1. The van der Waals surface area contributed by atoms with Crippen LogP contribution in [0.4, 0.5) is 0 Å². The fourth-order valence-corrected chi connectivity index (χ4v) is 3.32. The number of rotatable bonds is 5. The van der Waals surface area contributed by atoms with E-state index in [-0.39, 0.29) is 24.0 Å². The van der Waals surface area contributed by atoms with Crippen molar-refractivity contribution in [2.24, 2.45) is 12.0 Å². The summed E-state index contributed by atoms with van der Waals surface area (Å²) < 4.78 is 7.07. The van der Waals surface area contributed by atoms with Crippen LogP contribution in [0.2, 0.25) is 0 Å². The minimum absolute atomic E-state index is 0. The predicted octanol–water partition coefficient (Wildman–Crippen LogP) is 2.65. The highest BCUT2D eigenvalue weighted by molar-refractivity contribution is 14.0. The van der Waals surface area contributed by atoms with E-state index in [1.165, 1.54) is 11.1 Å². The van der Waals surface area contributed by atoms with Crippen LogP contribution in [0.1, 0.15) is 23.5 Å². The Balaban J connectivity index is 0.00000243. The summed E-state index contributed by atoms with van der Waals surface area (Å²) in [6.07, 6.45) is 6.20. The highest BCUT2D eigenvalue weighted by Crippen LogP contribution is 2.26. The van der Waals surface area contributed by atoms with Crippen molar-refractivity contribution in [2.75, 3.05) is 33.8 Å². The van der Waals surface area contributed by atoms with Crippen molar-refractivity contribution in [3.63, 3.8) is 0 Å². The van der Waals surface area contributed by atoms with Crippen molar-refractivity contribution in [1.29, 1.82) is 0 Å². The molecule has 142 valence electrons. The predicted molar refractivity (Wildman–Crippen MR) is 116 cm³/mol. The molecule has 1 N–H and O–H groups in total. The van der Waals surface area contributed by atoms with Gasteiger partial charge in [0.2, 0.25) is 0 Å². The molecule has 6 nitrogen and oxygen atoms in total. The average Bonchev–Trinajstić information content (AvgIpc) is 3.28. The van der Waals surface area contributed by atoms with Crippen molar-refractivity contribution in [1.82, 2.24) is 20.0 Å². The molecule has 1 aromatic heterocycles. The molecule has 3 rings (SSSR count). The van der Waals surface area contributed by atoms with Crippen molar-refractivity contribution in [3.8, 4) is 5.75 Å². The Bertz CT molecular complexity index is 713. The summed E-state index contributed by atoms with van der Waals surface area (Å²) >= 11 is 0. The summed E-state index contributed by atoms with van der Waals surface area (Å²) in [5.74, 6) is 2.42. The monoisotopic (exact) mass is 469 g/mol. The number of hydrogen-bond donors (Lipinski definition) is 1. The van der Waals surface area contributed by atoms with Crippen LogP contribution in [0.25, 0.3) is 0 Å². The number of nitrogens with one attached hydrogen (secondary N) is 1. The minimum Gasteiger partial charge on any atom is -0.497 e. The van der Waals surface area contributed by atoms with E-state index in [2.05, 4.69) is 38.6 Å². The maximum Gasteiger partial charge on any atom is 0.193 e. The van der Waals surface area contributed by atoms with Crippen LogP contribution >= 0.6 is 24.0 Å². The zero-order chi connectivity index (χ0) is 17.6. The van der Waals surface area contributed by atoms with Gasteiger partial charge < -0.3 is 15.0 Å². The fourth-order valence-electron chi connectivity index (χ4n) is 3.32. The lowest BCUT2D eigenvalue weighted by atomic mass is 10.0. The van der Waals surface area contributed by atoms with Gasteiger partial charge in [-0.05, 0) is 36.1 Å². The zero-order valence-corrected chi connectivity index (χ0v) is 18.0. The number of guanidine groups is 1. The summed E-state index contributed by atoms with van der Waals surface area (Å²) in [5, 5.41) is 7.78.